The molecule has 1 saturated heterocycles. The maximum atomic E-state index is 9.46. The molecule has 1 unspecified atom stereocenters. The third-order valence-corrected chi connectivity index (χ3v) is 4.60. The lowest BCUT2D eigenvalue weighted by atomic mass is 9.95. The number of hydrogen-bond donors (Lipinski definition) is 1. The van der Waals surface area contributed by atoms with E-state index in [0.717, 1.165) is 18.0 Å². The Morgan fingerprint density at radius 3 is 2.83 bits per heavy atom. The van der Waals surface area contributed by atoms with Gasteiger partial charge in [-0.05, 0) is 37.7 Å². The van der Waals surface area contributed by atoms with Gasteiger partial charge in [-0.1, -0.05) is 12.8 Å². The minimum absolute atomic E-state index is 0.0943. The second kappa shape index (κ2) is 5.27. The van der Waals surface area contributed by atoms with Gasteiger partial charge >= 0.3 is 0 Å². The predicted molar refractivity (Wildman–Crippen MR) is 72.5 cm³/mol. The van der Waals surface area contributed by atoms with Crippen LogP contribution in [-0.2, 0) is 6.61 Å². The van der Waals surface area contributed by atoms with Crippen LogP contribution in [-0.4, -0.2) is 22.7 Å². The first-order valence-electron chi connectivity index (χ1n) is 7.20. The molecule has 3 nitrogen and oxygen atoms in total. The van der Waals surface area contributed by atoms with E-state index in [1.54, 1.807) is 6.20 Å². The van der Waals surface area contributed by atoms with Gasteiger partial charge in [-0.2, -0.15) is 0 Å². The molecule has 1 saturated carbocycles. The van der Waals surface area contributed by atoms with Crippen LogP contribution in [0.15, 0.2) is 18.5 Å². The molecule has 98 valence electrons. The summed E-state index contributed by atoms with van der Waals surface area (Å²) in [6, 6.07) is 2.76. The van der Waals surface area contributed by atoms with Gasteiger partial charge in [0.2, 0.25) is 0 Å². The highest BCUT2D eigenvalue weighted by Gasteiger charge is 2.34. The SMILES string of the molecule is OCc1cnccc1N1CCCC1C1CCCC1. The third kappa shape index (κ3) is 2.12. The highest BCUT2D eigenvalue weighted by atomic mass is 16.3. The van der Waals surface area contributed by atoms with E-state index < -0.39 is 0 Å². The first-order chi connectivity index (χ1) is 8.90. The van der Waals surface area contributed by atoms with E-state index >= 15 is 0 Å². The van der Waals surface area contributed by atoms with Crippen molar-refractivity contribution in [1.82, 2.24) is 4.98 Å². The molecular weight excluding hydrogens is 224 g/mol. The Bertz CT molecular complexity index is 401. The lowest BCUT2D eigenvalue weighted by molar-refractivity contribution is 0.281. The second-order valence-electron chi connectivity index (χ2n) is 5.61. The van der Waals surface area contributed by atoms with Gasteiger partial charge in [-0.3, -0.25) is 4.98 Å². The van der Waals surface area contributed by atoms with E-state index in [-0.39, 0.29) is 6.61 Å². The number of nitrogens with zero attached hydrogens (tertiary/aromatic N) is 2. The highest BCUT2D eigenvalue weighted by molar-refractivity contribution is 5.53. The Morgan fingerprint density at radius 2 is 2.06 bits per heavy atom. The average Bonchev–Trinajstić information content (AvgIpc) is 3.09. The molecule has 0 aromatic carbocycles. The highest BCUT2D eigenvalue weighted by Crippen LogP contribution is 2.38. The summed E-state index contributed by atoms with van der Waals surface area (Å²) >= 11 is 0. The molecule has 1 aliphatic carbocycles. The molecule has 0 amide bonds. The summed E-state index contributed by atoms with van der Waals surface area (Å²) in [5, 5.41) is 9.46. The number of aromatic nitrogens is 1. The van der Waals surface area contributed by atoms with Crippen molar-refractivity contribution >= 4 is 5.69 Å². The normalized spacial score (nSPS) is 24.9. The lowest BCUT2D eigenvalue weighted by Gasteiger charge is -2.32. The van der Waals surface area contributed by atoms with Crippen molar-refractivity contribution in [3.05, 3.63) is 24.0 Å². The number of rotatable bonds is 3. The van der Waals surface area contributed by atoms with Crippen molar-refractivity contribution in [3.8, 4) is 0 Å². The first-order valence-corrected chi connectivity index (χ1v) is 7.20. The standard InChI is InChI=1S/C15H22N2O/c18-11-13-10-16-8-7-15(13)17-9-3-6-14(17)12-4-1-2-5-12/h7-8,10,12,14,18H,1-6,9,11H2. The Morgan fingerprint density at radius 1 is 1.22 bits per heavy atom. The molecule has 1 N–H and O–H groups in total. The summed E-state index contributed by atoms with van der Waals surface area (Å²) in [4.78, 5) is 6.65. The zero-order valence-corrected chi connectivity index (χ0v) is 10.9. The molecule has 0 spiro atoms. The average molecular weight is 246 g/mol. The van der Waals surface area contributed by atoms with E-state index in [0.29, 0.717) is 6.04 Å². The van der Waals surface area contributed by atoms with Crippen LogP contribution in [0, 0.1) is 5.92 Å². The summed E-state index contributed by atoms with van der Waals surface area (Å²) in [6.07, 6.45) is 11.8. The molecule has 18 heavy (non-hydrogen) atoms. The Labute approximate surface area is 109 Å². The molecule has 2 aliphatic rings. The quantitative estimate of drug-likeness (QED) is 0.891. The number of pyridine rings is 1. The maximum absolute atomic E-state index is 9.46. The van der Waals surface area contributed by atoms with E-state index in [4.69, 9.17) is 0 Å². The van der Waals surface area contributed by atoms with Gasteiger partial charge in [0.25, 0.3) is 0 Å². The number of aliphatic hydroxyl groups excluding tert-OH is 1. The third-order valence-electron chi connectivity index (χ3n) is 4.60. The van der Waals surface area contributed by atoms with Crippen molar-refractivity contribution in [1.29, 1.82) is 0 Å². The van der Waals surface area contributed by atoms with Crippen LogP contribution in [0.25, 0.3) is 0 Å². The van der Waals surface area contributed by atoms with E-state index in [2.05, 4.69) is 16.0 Å². The molecule has 1 aromatic rings. The van der Waals surface area contributed by atoms with Crippen LogP contribution < -0.4 is 4.90 Å². The van der Waals surface area contributed by atoms with Gasteiger partial charge < -0.3 is 10.0 Å². The zero-order valence-electron chi connectivity index (χ0n) is 10.9. The number of anilines is 1. The van der Waals surface area contributed by atoms with Crippen LogP contribution in [0.1, 0.15) is 44.1 Å². The topological polar surface area (TPSA) is 36.4 Å². The molecule has 3 heteroatoms. The van der Waals surface area contributed by atoms with E-state index in [1.807, 2.05) is 6.20 Å². The van der Waals surface area contributed by atoms with Crippen molar-refractivity contribution in [2.75, 3.05) is 11.4 Å². The fraction of sp³-hybridized carbons (Fsp3) is 0.667. The predicted octanol–water partition coefficient (Wildman–Crippen LogP) is 2.73. The van der Waals surface area contributed by atoms with Crippen LogP contribution in [0.2, 0.25) is 0 Å². The summed E-state index contributed by atoms with van der Waals surface area (Å²) in [7, 11) is 0. The Hall–Kier alpha value is -1.09. The van der Waals surface area contributed by atoms with Gasteiger partial charge in [0.05, 0.1) is 6.61 Å². The summed E-state index contributed by atoms with van der Waals surface area (Å²) in [5.41, 5.74) is 2.18. The van der Waals surface area contributed by atoms with Crippen LogP contribution in [0.3, 0.4) is 0 Å². The summed E-state index contributed by atoms with van der Waals surface area (Å²) < 4.78 is 0. The maximum Gasteiger partial charge on any atom is 0.0717 e. The molecule has 2 heterocycles. The molecule has 1 aliphatic heterocycles. The first kappa shape index (κ1) is 12.0. The summed E-state index contributed by atoms with van der Waals surface area (Å²) in [6.45, 7) is 1.23. The van der Waals surface area contributed by atoms with Crippen molar-refractivity contribution in [3.63, 3.8) is 0 Å². The Kier molecular flexibility index (Phi) is 3.50. The molecule has 0 bridgehead atoms. The van der Waals surface area contributed by atoms with Crippen molar-refractivity contribution in [2.24, 2.45) is 5.92 Å². The van der Waals surface area contributed by atoms with Gasteiger partial charge in [0, 0.05) is 36.2 Å². The minimum Gasteiger partial charge on any atom is -0.392 e. The number of hydrogen-bond acceptors (Lipinski definition) is 3. The molecule has 1 atom stereocenters. The van der Waals surface area contributed by atoms with Gasteiger partial charge in [-0.15, -0.1) is 0 Å². The summed E-state index contributed by atoms with van der Waals surface area (Å²) in [5.74, 6) is 0.868. The smallest absolute Gasteiger partial charge is 0.0717 e. The van der Waals surface area contributed by atoms with Crippen LogP contribution in [0.5, 0.6) is 0 Å². The fourth-order valence-corrected chi connectivity index (χ4v) is 3.75. The molecule has 2 fully saturated rings. The molecule has 0 radical (unpaired) electrons. The lowest BCUT2D eigenvalue weighted by Crippen LogP contribution is -2.35. The molecule has 1 aromatic heterocycles. The number of aliphatic hydroxyl groups is 1. The zero-order chi connectivity index (χ0) is 12.4. The monoisotopic (exact) mass is 246 g/mol. The van der Waals surface area contributed by atoms with Crippen molar-refractivity contribution in [2.45, 2.75) is 51.2 Å². The van der Waals surface area contributed by atoms with Crippen LogP contribution in [0.4, 0.5) is 5.69 Å². The Balaban J connectivity index is 1.85. The van der Waals surface area contributed by atoms with E-state index in [1.165, 1.54) is 44.2 Å². The minimum atomic E-state index is 0.0943. The van der Waals surface area contributed by atoms with Gasteiger partial charge in [-0.25, -0.2) is 0 Å². The fourth-order valence-electron chi connectivity index (χ4n) is 3.75. The van der Waals surface area contributed by atoms with Gasteiger partial charge in [0.15, 0.2) is 0 Å². The van der Waals surface area contributed by atoms with Crippen LogP contribution >= 0.6 is 0 Å². The molecule has 3 rings (SSSR count). The van der Waals surface area contributed by atoms with E-state index in [9.17, 15) is 5.11 Å². The van der Waals surface area contributed by atoms with Gasteiger partial charge in [0.1, 0.15) is 0 Å². The second-order valence-corrected chi connectivity index (χ2v) is 5.61. The molecular formula is C15H22N2O. The van der Waals surface area contributed by atoms with Crippen molar-refractivity contribution < 1.29 is 5.11 Å². The largest absolute Gasteiger partial charge is 0.392 e.